The average Bonchev–Trinajstić information content (AvgIpc) is 2.26. The van der Waals surface area contributed by atoms with Gasteiger partial charge in [-0.25, -0.2) is 0 Å². The third kappa shape index (κ3) is 1.89. The van der Waals surface area contributed by atoms with Crippen molar-refractivity contribution in [2.24, 2.45) is 0 Å². The van der Waals surface area contributed by atoms with Gasteiger partial charge in [0.25, 0.3) is 0 Å². The molecule has 0 saturated heterocycles. The molecular formula is C13H13NO2. The molecule has 3 heteroatoms. The van der Waals surface area contributed by atoms with Gasteiger partial charge in [-0.15, -0.1) is 0 Å². The van der Waals surface area contributed by atoms with Crippen molar-refractivity contribution in [2.45, 2.75) is 19.8 Å². The Balaban J connectivity index is 2.54. The zero-order chi connectivity index (χ0) is 11.7. The SMILES string of the molecule is Cc1cnc2ccc(C(C)C(=O)O)cc2c1. The molecule has 0 bridgehead atoms. The topological polar surface area (TPSA) is 50.2 Å². The van der Waals surface area contributed by atoms with Crippen LogP contribution in [0.3, 0.4) is 0 Å². The summed E-state index contributed by atoms with van der Waals surface area (Å²) in [6, 6.07) is 7.60. The van der Waals surface area contributed by atoms with E-state index in [1.54, 1.807) is 6.92 Å². The predicted octanol–water partition coefficient (Wildman–Crippen LogP) is 2.73. The van der Waals surface area contributed by atoms with Gasteiger partial charge in [-0.1, -0.05) is 6.07 Å². The second-order valence-electron chi connectivity index (χ2n) is 4.02. The fourth-order valence-corrected chi connectivity index (χ4v) is 1.67. The highest BCUT2D eigenvalue weighted by Crippen LogP contribution is 2.21. The summed E-state index contributed by atoms with van der Waals surface area (Å²) >= 11 is 0. The molecule has 1 heterocycles. The number of rotatable bonds is 2. The van der Waals surface area contributed by atoms with Gasteiger partial charge in [0.05, 0.1) is 11.4 Å². The van der Waals surface area contributed by atoms with Crippen LogP contribution in [0.25, 0.3) is 10.9 Å². The number of nitrogens with zero attached hydrogens (tertiary/aromatic N) is 1. The molecule has 0 aliphatic carbocycles. The van der Waals surface area contributed by atoms with Crippen molar-refractivity contribution in [1.29, 1.82) is 0 Å². The number of aromatic nitrogens is 1. The Morgan fingerprint density at radius 3 is 2.81 bits per heavy atom. The van der Waals surface area contributed by atoms with Gasteiger partial charge in [0.1, 0.15) is 0 Å². The lowest BCUT2D eigenvalue weighted by molar-refractivity contribution is -0.138. The Labute approximate surface area is 93.7 Å². The number of carboxylic acid groups (broad SMARTS) is 1. The van der Waals surface area contributed by atoms with Gasteiger partial charge in [-0.05, 0) is 43.2 Å². The van der Waals surface area contributed by atoms with Crippen molar-refractivity contribution in [1.82, 2.24) is 4.98 Å². The monoisotopic (exact) mass is 215 g/mol. The zero-order valence-electron chi connectivity index (χ0n) is 9.27. The molecule has 0 spiro atoms. The number of hydrogen-bond donors (Lipinski definition) is 1. The van der Waals surface area contributed by atoms with E-state index in [0.717, 1.165) is 22.0 Å². The van der Waals surface area contributed by atoms with Crippen LogP contribution in [-0.2, 0) is 4.79 Å². The van der Waals surface area contributed by atoms with Crippen molar-refractivity contribution in [3.8, 4) is 0 Å². The third-order valence-corrected chi connectivity index (χ3v) is 2.71. The molecule has 82 valence electrons. The first-order valence-corrected chi connectivity index (χ1v) is 5.17. The van der Waals surface area contributed by atoms with E-state index >= 15 is 0 Å². The molecule has 0 fully saturated rings. The lowest BCUT2D eigenvalue weighted by atomic mass is 9.99. The molecule has 0 aliphatic heterocycles. The molecule has 3 nitrogen and oxygen atoms in total. The van der Waals surface area contributed by atoms with E-state index in [4.69, 9.17) is 5.11 Å². The maximum absolute atomic E-state index is 10.9. The molecule has 0 saturated carbocycles. The summed E-state index contributed by atoms with van der Waals surface area (Å²) in [5.74, 6) is -1.29. The number of carboxylic acids is 1. The Kier molecular flexibility index (Phi) is 2.60. The number of carbonyl (C=O) groups is 1. The van der Waals surface area contributed by atoms with E-state index in [2.05, 4.69) is 4.98 Å². The van der Waals surface area contributed by atoms with Crippen molar-refractivity contribution in [3.63, 3.8) is 0 Å². The molecule has 16 heavy (non-hydrogen) atoms. The third-order valence-electron chi connectivity index (χ3n) is 2.71. The maximum atomic E-state index is 10.9. The van der Waals surface area contributed by atoms with Gasteiger partial charge in [0.2, 0.25) is 0 Å². The molecule has 2 aromatic rings. The highest BCUT2D eigenvalue weighted by molar-refractivity contribution is 5.83. The van der Waals surface area contributed by atoms with Crippen molar-refractivity contribution in [3.05, 3.63) is 41.6 Å². The van der Waals surface area contributed by atoms with Crippen molar-refractivity contribution < 1.29 is 9.90 Å². The van der Waals surface area contributed by atoms with Crippen molar-refractivity contribution >= 4 is 16.9 Å². The minimum atomic E-state index is -0.806. The highest BCUT2D eigenvalue weighted by Gasteiger charge is 2.13. The van der Waals surface area contributed by atoms with E-state index in [9.17, 15) is 4.79 Å². The van der Waals surface area contributed by atoms with Crippen LogP contribution < -0.4 is 0 Å². The molecule has 2 rings (SSSR count). The highest BCUT2D eigenvalue weighted by atomic mass is 16.4. The Morgan fingerprint density at radius 2 is 2.12 bits per heavy atom. The minimum absolute atomic E-state index is 0.482. The maximum Gasteiger partial charge on any atom is 0.310 e. The van der Waals surface area contributed by atoms with Crippen LogP contribution in [0, 0.1) is 6.92 Å². The van der Waals surface area contributed by atoms with Gasteiger partial charge in [-0.2, -0.15) is 0 Å². The summed E-state index contributed by atoms with van der Waals surface area (Å²) in [4.78, 5) is 15.2. The Morgan fingerprint density at radius 1 is 1.38 bits per heavy atom. The average molecular weight is 215 g/mol. The molecule has 1 atom stereocenters. The fourth-order valence-electron chi connectivity index (χ4n) is 1.67. The summed E-state index contributed by atoms with van der Waals surface area (Å²) in [7, 11) is 0. The molecule has 1 N–H and O–H groups in total. The summed E-state index contributed by atoms with van der Waals surface area (Å²) in [6.07, 6.45) is 1.81. The molecule has 1 aromatic heterocycles. The second kappa shape index (κ2) is 3.93. The van der Waals surface area contributed by atoms with Crippen LogP contribution in [0.2, 0.25) is 0 Å². The van der Waals surface area contributed by atoms with Crippen LogP contribution in [-0.4, -0.2) is 16.1 Å². The summed E-state index contributed by atoms with van der Waals surface area (Å²) in [5, 5.41) is 9.94. The standard InChI is InChI=1S/C13H13NO2/c1-8-5-11-6-10(9(2)13(15)16)3-4-12(11)14-7-8/h3-7,9H,1-2H3,(H,15,16). The number of hydrogen-bond acceptors (Lipinski definition) is 2. The summed E-state index contributed by atoms with van der Waals surface area (Å²) in [5.41, 5.74) is 2.78. The van der Waals surface area contributed by atoms with E-state index in [0.29, 0.717) is 0 Å². The van der Waals surface area contributed by atoms with Crippen molar-refractivity contribution in [2.75, 3.05) is 0 Å². The molecular weight excluding hydrogens is 202 g/mol. The smallest absolute Gasteiger partial charge is 0.310 e. The van der Waals surface area contributed by atoms with Crippen LogP contribution in [0.4, 0.5) is 0 Å². The molecule has 0 aliphatic rings. The van der Waals surface area contributed by atoms with Crippen LogP contribution in [0.1, 0.15) is 24.0 Å². The van der Waals surface area contributed by atoms with E-state index in [1.807, 2.05) is 37.4 Å². The van der Waals surface area contributed by atoms with Crippen LogP contribution in [0.15, 0.2) is 30.5 Å². The molecule has 0 amide bonds. The minimum Gasteiger partial charge on any atom is -0.481 e. The van der Waals surface area contributed by atoms with Crippen LogP contribution >= 0.6 is 0 Å². The second-order valence-corrected chi connectivity index (χ2v) is 4.02. The van der Waals surface area contributed by atoms with Gasteiger partial charge in [0.15, 0.2) is 0 Å². The number of aliphatic carboxylic acids is 1. The first-order valence-electron chi connectivity index (χ1n) is 5.17. The number of fused-ring (bicyclic) bond motifs is 1. The summed E-state index contributed by atoms with van der Waals surface area (Å²) < 4.78 is 0. The quantitative estimate of drug-likeness (QED) is 0.838. The van der Waals surface area contributed by atoms with Crippen LogP contribution in [0.5, 0.6) is 0 Å². The summed E-state index contributed by atoms with van der Waals surface area (Å²) in [6.45, 7) is 3.66. The molecule has 1 unspecified atom stereocenters. The largest absolute Gasteiger partial charge is 0.481 e. The fraction of sp³-hybridized carbons (Fsp3) is 0.231. The Bertz CT molecular complexity index is 549. The van der Waals surface area contributed by atoms with Gasteiger partial charge >= 0.3 is 5.97 Å². The molecule has 0 radical (unpaired) electrons. The first-order chi connectivity index (χ1) is 7.58. The van der Waals surface area contributed by atoms with Gasteiger partial charge < -0.3 is 5.11 Å². The first kappa shape index (κ1) is 10.6. The Hall–Kier alpha value is -1.90. The molecule has 1 aromatic carbocycles. The van der Waals surface area contributed by atoms with E-state index in [1.165, 1.54) is 0 Å². The predicted molar refractivity (Wildman–Crippen MR) is 62.5 cm³/mol. The zero-order valence-corrected chi connectivity index (χ0v) is 9.27. The van der Waals surface area contributed by atoms with E-state index in [-0.39, 0.29) is 0 Å². The lowest BCUT2D eigenvalue weighted by Crippen LogP contribution is -2.07. The number of benzene rings is 1. The normalized spacial score (nSPS) is 12.6. The van der Waals surface area contributed by atoms with E-state index < -0.39 is 11.9 Å². The number of aryl methyl sites for hydroxylation is 1. The van der Waals surface area contributed by atoms with Gasteiger partial charge in [-0.3, -0.25) is 9.78 Å². The van der Waals surface area contributed by atoms with Gasteiger partial charge in [0, 0.05) is 11.6 Å². The lowest BCUT2D eigenvalue weighted by Gasteiger charge is -2.07. The number of pyridine rings is 1.